The molecule has 1 aromatic heterocycles. The van der Waals surface area contributed by atoms with E-state index in [1.807, 2.05) is 19.1 Å². The molecule has 0 amide bonds. The Balaban J connectivity index is 2.32. The minimum Gasteiger partial charge on any atom is -0.472 e. The van der Waals surface area contributed by atoms with Gasteiger partial charge in [0.25, 0.3) is 0 Å². The molecule has 0 fully saturated rings. The third-order valence-corrected chi connectivity index (χ3v) is 3.01. The fourth-order valence-corrected chi connectivity index (χ4v) is 2.15. The standard InChI is InChI=1S/C14H17FN2O/c1-2-17(13-5-3-4-12(15)8-13)14(9-16)11-6-7-18-10-11/h3-8,10,14H,2,9,16H2,1H3. The maximum Gasteiger partial charge on any atom is 0.125 e. The second kappa shape index (κ2) is 5.69. The first-order valence-electron chi connectivity index (χ1n) is 6.00. The van der Waals surface area contributed by atoms with Crippen molar-refractivity contribution in [2.45, 2.75) is 13.0 Å². The van der Waals surface area contributed by atoms with Crippen molar-refractivity contribution in [3.8, 4) is 0 Å². The second-order valence-corrected chi connectivity index (χ2v) is 4.07. The SMILES string of the molecule is CCN(c1cccc(F)c1)C(CN)c1ccoc1. The zero-order valence-electron chi connectivity index (χ0n) is 10.3. The number of likely N-dealkylation sites (N-methyl/N-ethyl adjacent to an activating group) is 1. The van der Waals surface area contributed by atoms with Crippen molar-refractivity contribution >= 4 is 5.69 Å². The molecular formula is C14H17FN2O. The molecule has 2 N–H and O–H groups in total. The van der Waals surface area contributed by atoms with Gasteiger partial charge in [-0.1, -0.05) is 6.07 Å². The Hall–Kier alpha value is -1.81. The quantitative estimate of drug-likeness (QED) is 0.884. The molecule has 1 unspecified atom stereocenters. The number of anilines is 1. The summed E-state index contributed by atoms with van der Waals surface area (Å²) in [6.07, 6.45) is 3.30. The van der Waals surface area contributed by atoms with E-state index in [1.54, 1.807) is 18.6 Å². The van der Waals surface area contributed by atoms with Gasteiger partial charge in [-0.2, -0.15) is 0 Å². The lowest BCUT2D eigenvalue weighted by molar-refractivity contribution is 0.553. The van der Waals surface area contributed by atoms with Crippen LogP contribution in [-0.4, -0.2) is 13.1 Å². The van der Waals surface area contributed by atoms with Crippen LogP contribution < -0.4 is 10.6 Å². The van der Waals surface area contributed by atoms with Gasteiger partial charge in [0.05, 0.1) is 18.6 Å². The molecule has 0 aliphatic rings. The van der Waals surface area contributed by atoms with E-state index in [1.165, 1.54) is 12.1 Å². The highest BCUT2D eigenvalue weighted by atomic mass is 19.1. The van der Waals surface area contributed by atoms with Gasteiger partial charge in [0, 0.05) is 24.3 Å². The summed E-state index contributed by atoms with van der Waals surface area (Å²) in [6, 6.07) is 8.43. The molecule has 2 rings (SSSR count). The van der Waals surface area contributed by atoms with Crippen LogP contribution in [0.3, 0.4) is 0 Å². The molecule has 18 heavy (non-hydrogen) atoms. The lowest BCUT2D eigenvalue weighted by atomic mass is 10.1. The summed E-state index contributed by atoms with van der Waals surface area (Å²) in [4.78, 5) is 2.06. The Morgan fingerprint density at radius 1 is 1.39 bits per heavy atom. The van der Waals surface area contributed by atoms with E-state index in [9.17, 15) is 4.39 Å². The summed E-state index contributed by atoms with van der Waals surface area (Å²) in [5.74, 6) is -0.242. The van der Waals surface area contributed by atoms with E-state index < -0.39 is 0 Å². The van der Waals surface area contributed by atoms with Gasteiger partial charge < -0.3 is 15.1 Å². The Labute approximate surface area is 106 Å². The van der Waals surface area contributed by atoms with Crippen LogP contribution in [0.25, 0.3) is 0 Å². The second-order valence-electron chi connectivity index (χ2n) is 4.07. The van der Waals surface area contributed by atoms with Crippen LogP contribution in [0, 0.1) is 5.82 Å². The van der Waals surface area contributed by atoms with Crippen LogP contribution in [-0.2, 0) is 0 Å². The fourth-order valence-electron chi connectivity index (χ4n) is 2.15. The number of hydrogen-bond donors (Lipinski definition) is 1. The van der Waals surface area contributed by atoms with E-state index in [0.717, 1.165) is 17.8 Å². The molecule has 0 aliphatic heterocycles. The van der Waals surface area contributed by atoms with Crippen LogP contribution in [0.1, 0.15) is 18.5 Å². The number of furan rings is 1. The smallest absolute Gasteiger partial charge is 0.125 e. The first kappa shape index (κ1) is 12.6. The summed E-state index contributed by atoms with van der Waals surface area (Å²) in [7, 11) is 0. The zero-order chi connectivity index (χ0) is 13.0. The molecule has 0 radical (unpaired) electrons. The minimum absolute atomic E-state index is 0.00412. The number of hydrogen-bond acceptors (Lipinski definition) is 3. The molecule has 96 valence electrons. The van der Waals surface area contributed by atoms with Crippen LogP contribution in [0.4, 0.5) is 10.1 Å². The monoisotopic (exact) mass is 248 g/mol. The lowest BCUT2D eigenvalue weighted by Gasteiger charge is -2.31. The average Bonchev–Trinajstić information content (AvgIpc) is 2.89. The highest BCUT2D eigenvalue weighted by molar-refractivity contribution is 5.49. The average molecular weight is 248 g/mol. The van der Waals surface area contributed by atoms with Crippen LogP contribution >= 0.6 is 0 Å². The van der Waals surface area contributed by atoms with Crippen molar-refractivity contribution in [1.29, 1.82) is 0 Å². The Morgan fingerprint density at radius 2 is 2.22 bits per heavy atom. The topological polar surface area (TPSA) is 42.4 Å². The van der Waals surface area contributed by atoms with Crippen molar-refractivity contribution in [3.05, 3.63) is 54.2 Å². The number of benzene rings is 1. The van der Waals surface area contributed by atoms with E-state index in [2.05, 4.69) is 4.90 Å². The maximum atomic E-state index is 13.3. The molecule has 1 atom stereocenters. The largest absolute Gasteiger partial charge is 0.472 e. The normalized spacial score (nSPS) is 12.4. The summed E-state index contributed by atoms with van der Waals surface area (Å²) in [5, 5.41) is 0. The van der Waals surface area contributed by atoms with Gasteiger partial charge in [0.2, 0.25) is 0 Å². The van der Waals surface area contributed by atoms with Crippen molar-refractivity contribution in [1.82, 2.24) is 0 Å². The number of nitrogens with zero attached hydrogens (tertiary/aromatic N) is 1. The van der Waals surface area contributed by atoms with Gasteiger partial charge in [-0.05, 0) is 31.2 Å². The van der Waals surface area contributed by atoms with Gasteiger partial charge in [0.1, 0.15) is 5.82 Å². The summed E-state index contributed by atoms with van der Waals surface area (Å²) < 4.78 is 18.4. The van der Waals surface area contributed by atoms with E-state index in [0.29, 0.717) is 6.54 Å². The molecule has 0 saturated carbocycles. The zero-order valence-corrected chi connectivity index (χ0v) is 10.3. The van der Waals surface area contributed by atoms with Gasteiger partial charge >= 0.3 is 0 Å². The highest BCUT2D eigenvalue weighted by Gasteiger charge is 2.19. The molecule has 3 nitrogen and oxygen atoms in total. The first-order valence-corrected chi connectivity index (χ1v) is 6.00. The van der Waals surface area contributed by atoms with Crippen LogP contribution in [0.2, 0.25) is 0 Å². The molecule has 1 heterocycles. The predicted octanol–water partition coefficient (Wildman–Crippen LogP) is 2.95. The van der Waals surface area contributed by atoms with E-state index >= 15 is 0 Å². The van der Waals surface area contributed by atoms with Gasteiger partial charge in [-0.3, -0.25) is 0 Å². The van der Waals surface area contributed by atoms with Gasteiger partial charge in [-0.15, -0.1) is 0 Å². The molecule has 0 bridgehead atoms. The molecule has 0 saturated heterocycles. The molecule has 4 heteroatoms. The first-order chi connectivity index (χ1) is 8.76. The fraction of sp³-hybridized carbons (Fsp3) is 0.286. The Morgan fingerprint density at radius 3 is 2.78 bits per heavy atom. The lowest BCUT2D eigenvalue weighted by Crippen LogP contribution is -2.33. The highest BCUT2D eigenvalue weighted by Crippen LogP contribution is 2.26. The van der Waals surface area contributed by atoms with Crippen LogP contribution in [0.15, 0.2) is 47.3 Å². The van der Waals surface area contributed by atoms with Gasteiger partial charge in [0.15, 0.2) is 0 Å². The Bertz CT molecular complexity index is 484. The predicted molar refractivity (Wildman–Crippen MR) is 69.9 cm³/mol. The molecule has 1 aromatic carbocycles. The van der Waals surface area contributed by atoms with Gasteiger partial charge in [-0.25, -0.2) is 4.39 Å². The van der Waals surface area contributed by atoms with E-state index in [-0.39, 0.29) is 11.9 Å². The minimum atomic E-state index is -0.242. The third kappa shape index (κ3) is 2.54. The third-order valence-electron chi connectivity index (χ3n) is 3.01. The van der Waals surface area contributed by atoms with E-state index in [4.69, 9.17) is 10.2 Å². The maximum absolute atomic E-state index is 13.3. The molecule has 0 aliphatic carbocycles. The molecular weight excluding hydrogens is 231 g/mol. The number of halogens is 1. The summed E-state index contributed by atoms with van der Waals surface area (Å²) in [5.41, 5.74) is 7.67. The van der Waals surface area contributed by atoms with Crippen molar-refractivity contribution < 1.29 is 8.81 Å². The van der Waals surface area contributed by atoms with Crippen molar-refractivity contribution in [2.24, 2.45) is 5.73 Å². The van der Waals surface area contributed by atoms with Crippen LogP contribution in [0.5, 0.6) is 0 Å². The molecule has 0 spiro atoms. The number of nitrogens with two attached hydrogens (primary N) is 1. The Kier molecular flexibility index (Phi) is 3.99. The van der Waals surface area contributed by atoms with Crippen molar-refractivity contribution in [2.75, 3.05) is 18.0 Å². The number of rotatable bonds is 5. The molecule has 2 aromatic rings. The summed E-state index contributed by atoms with van der Waals surface area (Å²) >= 11 is 0. The van der Waals surface area contributed by atoms with Crippen molar-refractivity contribution in [3.63, 3.8) is 0 Å². The summed E-state index contributed by atoms with van der Waals surface area (Å²) in [6.45, 7) is 3.22.